The Kier molecular flexibility index (Phi) is 7.06. The molecule has 1 heterocycles. The predicted molar refractivity (Wildman–Crippen MR) is 108 cm³/mol. The molecule has 0 radical (unpaired) electrons. The van der Waals surface area contributed by atoms with Crippen LogP contribution in [0.4, 0.5) is 0 Å². The van der Waals surface area contributed by atoms with Gasteiger partial charge in [-0.1, -0.05) is 48.5 Å². The van der Waals surface area contributed by atoms with Gasteiger partial charge < -0.3 is 15.0 Å². The van der Waals surface area contributed by atoms with E-state index in [2.05, 4.69) is 72.3 Å². The van der Waals surface area contributed by atoms with E-state index in [1.807, 2.05) is 6.07 Å². The number of nitrogens with one attached hydrogen (secondary N) is 1. The fourth-order valence-electron chi connectivity index (χ4n) is 3.26. The highest BCUT2D eigenvalue weighted by molar-refractivity contribution is 5.85. The number of aliphatic hydroxyl groups excluding tert-OH is 1. The lowest BCUT2D eigenvalue weighted by atomic mass is 10.1. The molecule has 2 aromatic carbocycles. The molecule has 0 saturated carbocycles. The smallest absolute Gasteiger partial charge is 0.0843 e. The molecular formula is C21H27ClN2O. The summed E-state index contributed by atoms with van der Waals surface area (Å²) in [6, 6.07) is 18.8. The van der Waals surface area contributed by atoms with Gasteiger partial charge in [-0.25, -0.2) is 0 Å². The van der Waals surface area contributed by atoms with Crippen LogP contribution in [-0.4, -0.2) is 28.9 Å². The van der Waals surface area contributed by atoms with Gasteiger partial charge in [0, 0.05) is 23.1 Å². The van der Waals surface area contributed by atoms with Gasteiger partial charge in [-0.15, -0.1) is 12.4 Å². The van der Waals surface area contributed by atoms with Crippen LogP contribution in [0.1, 0.15) is 16.8 Å². The lowest BCUT2D eigenvalue weighted by Gasteiger charge is -2.15. The van der Waals surface area contributed by atoms with E-state index < -0.39 is 6.10 Å². The van der Waals surface area contributed by atoms with Crippen molar-refractivity contribution in [2.75, 3.05) is 13.1 Å². The molecule has 2 N–H and O–H groups in total. The van der Waals surface area contributed by atoms with Gasteiger partial charge in [-0.3, -0.25) is 0 Å². The summed E-state index contributed by atoms with van der Waals surface area (Å²) in [4.78, 5) is 0. The SMILES string of the molecule is Cc1c(C)n(CC(O)CNCCc2ccccc2)c2ccccc12.Cl. The molecule has 0 saturated heterocycles. The Labute approximate surface area is 156 Å². The van der Waals surface area contributed by atoms with E-state index in [-0.39, 0.29) is 12.4 Å². The van der Waals surface area contributed by atoms with Crippen molar-refractivity contribution in [2.45, 2.75) is 32.9 Å². The van der Waals surface area contributed by atoms with Crippen LogP contribution < -0.4 is 5.32 Å². The quantitative estimate of drug-likeness (QED) is 0.629. The van der Waals surface area contributed by atoms with E-state index in [1.165, 1.54) is 27.7 Å². The van der Waals surface area contributed by atoms with Gasteiger partial charge in [0.2, 0.25) is 0 Å². The Morgan fingerprint density at radius 3 is 2.44 bits per heavy atom. The third-order valence-corrected chi connectivity index (χ3v) is 4.75. The summed E-state index contributed by atoms with van der Waals surface area (Å²) in [5, 5.41) is 15.1. The summed E-state index contributed by atoms with van der Waals surface area (Å²) in [6.07, 6.45) is 0.590. The van der Waals surface area contributed by atoms with E-state index in [0.29, 0.717) is 13.1 Å². The number of aliphatic hydroxyl groups is 1. The Bertz CT molecular complexity index is 798. The number of halogens is 1. The van der Waals surface area contributed by atoms with E-state index in [0.717, 1.165) is 13.0 Å². The number of fused-ring (bicyclic) bond motifs is 1. The maximum absolute atomic E-state index is 10.4. The summed E-state index contributed by atoms with van der Waals surface area (Å²) < 4.78 is 2.23. The van der Waals surface area contributed by atoms with Crippen molar-refractivity contribution in [1.29, 1.82) is 0 Å². The minimum atomic E-state index is -0.394. The molecule has 0 aliphatic rings. The maximum atomic E-state index is 10.4. The highest BCUT2D eigenvalue weighted by Crippen LogP contribution is 2.25. The lowest BCUT2D eigenvalue weighted by Crippen LogP contribution is -2.31. The number of aryl methyl sites for hydroxylation is 1. The summed E-state index contributed by atoms with van der Waals surface area (Å²) in [7, 11) is 0. The maximum Gasteiger partial charge on any atom is 0.0843 e. The molecular weight excluding hydrogens is 332 g/mol. The largest absolute Gasteiger partial charge is 0.390 e. The highest BCUT2D eigenvalue weighted by atomic mass is 35.5. The van der Waals surface area contributed by atoms with Gasteiger partial charge in [0.1, 0.15) is 0 Å². The molecule has 0 bridgehead atoms. The predicted octanol–water partition coefficient (Wildman–Crippen LogP) is 3.87. The first-order chi connectivity index (χ1) is 11.7. The van der Waals surface area contributed by atoms with Crippen LogP contribution in [0.25, 0.3) is 10.9 Å². The van der Waals surface area contributed by atoms with Crippen LogP contribution >= 0.6 is 12.4 Å². The Hall–Kier alpha value is -1.81. The number of hydrogen-bond acceptors (Lipinski definition) is 2. The Balaban J connectivity index is 0.00000225. The summed E-state index contributed by atoms with van der Waals surface area (Å²) >= 11 is 0. The monoisotopic (exact) mass is 358 g/mol. The number of rotatable bonds is 7. The van der Waals surface area contributed by atoms with E-state index in [1.54, 1.807) is 0 Å². The van der Waals surface area contributed by atoms with Gasteiger partial charge >= 0.3 is 0 Å². The van der Waals surface area contributed by atoms with Crippen molar-refractivity contribution in [2.24, 2.45) is 0 Å². The zero-order valence-corrected chi connectivity index (χ0v) is 15.7. The molecule has 3 aromatic rings. The average Bonchev–Trinajstić information content (AvgIpc) is 2.85. The van der Waals surface area contributed by atoms with E-state index in [4.69, 9.17) is 0 Å². The summed E-state index contributed by atoms with van der Waals surface area (Å²) in [5.74, 6) is 0. The molecule has 1 unspecified atom stereocenters. The molecule has 1 aromatic heterocycles. The van der Waals surface area contributed by atoms with E-state index in [9.17, 15) is 5.11 Å². The fourth-order valence-corrected chi connectivity index (χ4v) is 3.26. The van der Waals surface area contributed by atoms with Crippen molar-refractivity contribution in [1.82, 2.24) is 9.88 Å². The van der Waals surface area contributed by atoms with Crippen molar-refractivity contribution >= 4 is 23.3 Å². The molecule has 0 aliphatic carbocycles. The Morgan fingerprint density at radius 2 is 1.68 bits per heavy atom. The zero-order chi connectivity index (χ0) is 16.9. The van der Waals surface area contributed by atoms with Crippen LogP contribution in [0.5, 0.6) is 0 Å². The third kappa shape index (κ3) is 4.63. The average molecular weight is 359 g/mol. The molecule has 4 heteroatoms. The van der Waals surface area contributed by atoms with Crippen LogP contribution in [0.15, 0.2) is 54.6 Å². The topological polar surface area (TPSA) is 37.2 Å². The molecule has 25 heavy (non-hydrogen) atoms. The van der Waals surface area contributed by atoms with Crippen molar-refractivity contribution in [3.05, 3.63) is 71.4 Å². The second kappa shape index (κ2) is 9.04. The second-order valence-electron chi connectivity index (χ2n) is 6.43. The molecule has 3 nitrogen and oxygen atoms in total. The van der Waals surface area contributed by atoms with Crippen LogP contribution in [0.3, 0.4) is 0 Å². The van der Waals surface area contributed by atoms with Crippen molar-refractivity contribution < 1.29 is 5.11 Å². The molecule has 3 rings (SSSR count). The third-order valence-electron chi connectivity index (χ3n) is 4.75. The van der Waals surface area contributed by atoms with Crippen LogP contribution in [-0.2, 0) is 13.0 Å². The zero-order valence-electron chi connectivity index (χ0n) is 14.9. The first kappa shape index (κ1) is 19.5. The molecule has 0 spiro atoms. The first-order valence-electron chi connectivity index (χ1n) is 8.64. The normalized spacial score (nSPS) is 12.1. The van der Waals surface area contributed by atoms with Gasteiger partial charge in [0.15, 0.2) is 0 Å². The van der Waals surface area contributed by atoms with Crippen LogP contribution in [0.2, 0.25) is 0 Å². The number of para-hydroxylation sites is 1. The lowest BCUT2D eigenvalue weighted by molar-refractivity contribution is 0.152. The van der Waals surface area contributed by atoms with E-state index >= 15 is 0 Å². The molecule has 134 valence electrons. The number of nitrogens with zero attached hydrogens (tertiary/aromatic N) is 1. The number of hydrogen-bond donors (Lipinski definition) is 2. The minimum absolute atomic E-state index is 0. The van der Waals surface area contributed by atoms with Crippen molar-refractivity contribution in [3.63, 3.8) is 0 Å². The second-order valence-corrected chi connectivity index (χ2v) is 6.43. The molecule has 0 fully saturated rings. The van der Waals surface area contributed by atoms with Gasteiger partial charge in [-0.05, 0) is 44.0 Å². The first-order valence-corrected chi connectivity index (χ1v) is 8.64. The number of benzene rings is 2. The fraction of sp³-hybridized carbons (Fsp3) is 0.333. The van der Waals surface area contributed by atoms with Crippen LogP contribution in [0, 0.1) is 13.8 Å². The minimum Gasteiger partial charge on any atom is -0.390 e. The van der Waals surface area contributed by atoms with Gasteiger partial charge in [0.05, 0.1) is 12.6 Å². The molecule has 0 amide bonds. The highest BCUT2D eigenvalue weighted by Gasteiger charge is 2.13. The van der Waals surface area contributed by atoms with Gasteiger partial charge in [0.25, 0.3) is 0 Å². The summed E-state index contributed by atoms with van der Waals surface area (Å²) in [5.41, 5.74) is 5.06. The van der Waals surface area contributed by atoms with Gasteiger partial charge in [-0.2, -0.15) is 0 Å². The molecule has 1 atom stereocenters. The molecule has 0 aliphatic heterocycles. The van der Waals surface area contributed by atoms with Crippen molar-refractivity contribution in [3.8, 4) is 0 Å². The number of aromatic nitrogens is 1. The Morgan fingerprint density at radius 1 is 1.00 bits per heavy atom. The summed E-state index contributed by atoms with van der Waals surface area (Å²) in [6.45, 7) is 6.39. The standard InChI is InChI=1S/C21H26N2O.ClH/c1-16-17(2)23(21-11-7-6-10-20(16)21)15-19(24)14-22-13-12-18-8-4-3-5-9-18;/h3-11,19,22,24H,12-15H2,1-2H3;1H.